The third kappa shape index (κ3) is 6.97. The molecule has 134 valence electrons. The largest absolute Gasteiger partial charge is 1.00 e. The van der Waals surface area contributed by atoms with E-state index < -0.39 is 35.4 Å². The van der Waals surface area contributed by atoms with Gasteiger partial charge in [-0.15, -0.1) is 0 Å². The molecule has 1 heterocycles. The third-order valence-corrected chi connectivity index (χ3v) is 3.69. The fourth-order valence-electron chi connectivity index (χ4n) is 2.43. The summed E-state index contributed by atoms with van der Waals surface area (Å²) in [6, 6.07) is -0.845. The van der Waals surface area contributed by atoms with E-state index in [2.05, 4.69) is 21.6 Å². The maximum Gasteiger partial charge on any atom is 1.00 e. The predicted molar refractivity (Wildman–Crippen MR) is 81.7 cm³/mol. The number of hydrogen-bond acceptors (Lipinski definition) is 6. The van der Waals surface area contributed by atoms with Gasteiger partial charge in [0, 0.05) is 6.08 Å². The molecule has 1 aliphatic rings. The van der Waals surface area contributed by atoms with E-state index in [4.69, 9.17) is 5.11 Å². The van der Waals surface area contributed by atoms with Crippen LogP contribution >= 0.6 is 0 Å². The van der Waals surface area contributed by atoms with Gasteiger partial charge in [-0.05, 0) is 18.8 Å². The van der Waals surface area contributed by atoms with Crippen LogP contribution in [-0.4, -0.2) is 35.1 Å². The summed E-state index contributed by atoms with van der Waals surface area (Å²) in [5.41, 5.74) is -1.15. The molecule has 0 aliphatic carbocycles. The van der Waals surface area contributed by atoms with E-state index in [1.54, 1.807) is 6.92 Å². The number of amides is 2. The van der Waals surface area contributed by atoms with Gasteiger partial charge in [0.05, 0.1) is 6.02 Å². The van der Waals surface area contributed by atoms with E-state index in [0.717, 1.165) is 18.9 Å². The number of carbonyl (C=O) groups excluding carboxylic acids is 3. The first-order valence-corrected chi connectivity index (χ1v) is 7.34. The van der Waals surface area contributed by atoms with Crippen LogP contribution in [0.4, 0.5) is 4.79 Å². The molecule has 0 aromatic heterocycles. The van der Waals surface area contributed by atoms with E-state index >= 15 is 0 Å². The van der Waals surface area contributed by atoms with Crippen LogP contribution in [0.1, 0.15) is 40.0 Å². The van der Waals surface area contributed by atoms with Gasteiger partial charge in [0.2, 0.25) is 5.91 Å². The van der Waals surface area contributed by atoms with Gasteiger partial charge in [0.1, 0.15) is 5.41 Å². The molecular formula is C15H21N2NaO7. The molecule has 0 saturated carbocycles. The molecule has 0 radical (unpaired) electrons. The molecule has 25 heavy (non-hydrogen) atoms. The molecule has 1 rings (SSSR count). The number of aliphatic imine (C=N–C) groups is 1. The number of esters is 1. The van der Waals surface area contributed by atoms with Crippen molar-refractivity contribution in [1.82, 2.24) is 5.32 Å². The van der Waals surface area contributed by atoms with Crippen molar-refractivity contribution in [1.29, 1.82) is 0 Å². The Hall–Kier alpha value is -1.71. The molecule has 1 aliphatic heterocycles. The second-order valence-corrected chi connectivity index (χ2v) is 5.08. The van der Waals surface area contributed by atoms with Crippen molar-refractivity contribution in [3.05, 3.63) is 12.7 Å². The van der Waals surface area contributed by atoms with Crippen molar-refractivity contribution in [3.63, 3.8) is 0 Å². The Kier molecular flexibility index (Phi) is 12.0. The molecule has 2 amide bonds. The molecule has 0 fully saturated rings. The zero-order valence-corrected chi connectivity index (χ0v) is 16.8. The minimum absolute atomic E-state index is 0. The SMILES string of the molecule is C=CC(=O)OC(=O)O.CCCC(C)C1(CC)C(=O)N=C([O-])NC1=O.[Na+]. The molecule has 0 saturated heterocycles. The fraction of sp³-hybridized carbons (Fsp3) is 0.533. The van der Waals surface area contributed by atoms with Crippen LogP contribution in [0.3, 0.4) is 0 Å². The molecule has 2 unspecified atom stereocenters. The van der Waals surface area contributed by atoms with Gasteiger partial charge >= 0.3 is 41.7 Å². The van der Waals surface area contributed by atoms with Gasteiger partial charge in [0.15, 0.2) is 0 Å². The molecule has 2 atom stereocenters. The molecule has 0 bridgehead atoms. The van der Waals surface area contributed by atoms with E-state index in [-0.39, 0.29) is 35.5 Å². The number of nitrogens with zero attached hydrogens (tertiary/aromatic N) is 1. The zero-order chi connectivity index (χ0) is 18.9. The number of amidine groups is 1. The van der Waals surface area contributed by atoms with E-state index in [1.807, 2.05) is 13.8 Å². The number of carboxylic acid groups (broad SMARTS) is 1. The normalized spacial score (nSPS) is 19.9. The van der Waals surface area contributed by atoms with Crippen LogP contribution < -0.4 is 40.0 Å². The fourth-order valence-corrected chi connectivity index (χ4v) is 2.43. The van der Waals surface area contributed by atoms with Gasteiger partial charge in [-0.2, -0.15) is 0 Å². The van der Waals surface area contributed by atoms with Gasteiger partial charge in [0.25, 0.3) is 5.91 Å². The Bertz CT molecular complexity index is 562. The Morgan fingerprint density at radius 1 is 1.44 bits per heavy atom. The molecular weight excluding hydrogens is 343 g/mol. The first-order valence-electron chi connectivity index (χ1n) is 7.34. The topological polar surface area (TPSA) is 145 Å². The van der Waals surface area contributed by atoms with E-state index in [1.165, 1.54) is 0 Å². The van der Waals surface area contributed by atoms with Gasteiger partial charge in [-0.1, -0.05) is 33.8 Å². The van der Waals surface area contributed by atoms with E-state index in [0.29, 0.717) is 6.42 Å². The standard InChI is InChI=1S/C11H18N2O3.C4H4O4.Na/c1-4-6-7(3)11(5-2)8(14)12-10(16)13-9(11)15;1-2-3(5)8-4(6)7;/h7H,4-6H2,1-3H3,(H2,12,13,14,15,16);2H,1H2,(H,6,7);/q;;+1/p-1. The van der Waals surface area contributed by atoms with Crippen molar-refractivity contribution in [2.75, 3.05) is 0 Å². The first-order chi connectivity index (χ1) is 11.1. The third-order valence-electron chi connectivity index (χ3n) is 3.69. The second kappa shape index (κ2) is 11.8. The quantitative estimate of drug-likeness (QED) is 0.239. The summed E-state index contributed by atoms with van der Waals surface area (Å²) in [6.45, 7) is 8.60. The van der Waals surface area contributed by atoms with Crippen LogP contribution in [0.5, 0.6) is 0 Å². The average molecular weight is 364 g/mol. The minimum Gasteiger partial charge on any atom is -0.846 e. The van der Waals surface area contributed by atoms with Crippen molar-refractivity contribution in [2.24, 2.45) is 16.3 Å². The van der Waals surface area contributed by atoms with Crippen LogP contribution in [-0.2, 0) is 19.1 Å². The Balaban J connectivity index is 0. The smallest absolute Gasteiger partial charge is 0.846 e. The Morgan fingerprint density at radius 3 is 2.32 bits per heavy atom. The number of ether oxygens (including phenoxy) is 1. The van der Waals surface area contributed by atoms with Crippen LogP contribution in [0.25, 0.3) is 0 Å². The summed E-state index contributed by atoms with van der Waals surface area (Å²) in [5, 5.41) is 20.8. The molecule has 2 N–H and O–H groups in total. The Labute approximate surface area is 167 Å². The van der Waals surface area contributed by atoms with Gasteiger partial charge < -0.3 is 20.3 Å². The maximum atomic E-state index is 11.9. The maximum absolute atomic E-state index is 11.9. The Morgan fingerprint density at radius 2 is 2.00 bits per heavy atom. The summed E-state index contributed by atoms with van der Waals surface area (Å²) >= 11 is 0. The summed E-state index contributed by atoms with van der Waals surface area (Å²) in [4.78, 5) is 46.4. The number of nitrogens with one attached hydrogen (secondary N) is 1. The summed E-state index contributed by atoms with van der Waals surface area (Å²) in [7, 11) is 0. The number of hydrogen-bond donors (Lipinski definition) is 2. The molecule has 9 nitrogen and oxygen atoms in total. The van der Waals surface area contributed by atoms with Gasteiger partial charge in [-0.3, -0.25) is 9.59 Å². The van der Waals surface area contributed by atoms with Crippen LogP contribution in [0.15, 0.2) is 17.6 Å². The zero-order valence-electron chi connectivity index (χ0n) is 14.8. The van der Waals surface area contributed by atoms with Crippen molar-refractivity contribution in [3.8, 4) is 0 Å². The monoisotopic (exact) mass is 364 g/mol. The summed E-state index contributed by atoms with van der Waals surface area (Å²) in [5.74, 6) is -2.16. The summed E-state index contributed by atoms with van der Waals surface area (Å²) in [6.07, 6.45) is 1.17. The molecule has 0 aromatic rings. The molecule has 0 aromatic carbocycles. The number of carbonyl (C=O) groups is 4. The summed E-state index contributed by atoms with van der Waals surface area (Å²) < 4.78 is 3.56. The van der Waals surface area contributed by atoms with Gasteiger partial charge in [-0.25, -0.2) is 14.6 Å². The van der Waals surface area contributed by atoms with Crippen molar-refractivity contribution in [2.45, 2.75) is 40.0 Å². The molecule has 10 heteroatoms. The number of rotatable bonds is 5. The molecule has 0 spiro atoms. The second-order valence-electron chi connectivity index (χ2n) is 5.08. The van der Waals surface area contributed by atoms with Crippen LogP contribution in [0.2, 0.25) is 0 Å². The van der Waals surface area contributed by atoms with Crippen molar-refractivity contribution >= 4 is 30.0 Å². The first kappa shape index (κ1) is 25.5. The average Bonchev–Trinajstić information content (AvgIpc) is 2.47. The predicted octanol–water partition coefficient (Wildman–Crippen LogP) is -2.41. The van der Waals surface area contributed by atoms with Crippen LogP contribution in [0, 0.1) is 11.3 Å². The minimum atomic E-state index is -1.62. The van der Waals surface area contributed by atoms with E-state index in [9.17, 15) is 24.3 Å². The van der Waals surface area contributed by atoms with Crippen molar-refractivity contribution < 1.29 is 63.7 Å².